The Morgan fingerprint density at radius 1 is 1.50 bits per heavy atom. The third-order valence-electron chi connectivity index (χ3n) is 1.74. The maximum absolute atomic E-state index is 5.86. The summed E-state index contributed by atoms with van der Waals surface area (Å²) in [6.07, 6.45) is 4.64. The number of nitrogen functional groups attached to an aromatic ring is 1. The van der Waals surface area contributed by atoms with Crippen LogP contribution in [0.4, 0.5) is 5.95 Å². The van der Waals surface area contributed by atoms with E-state index in [0.717, 1.165) is 0 Å². The molecule has 2 heterocycles. The number of hydrazine groups is 1. The molecular formula is C8H9ClN6O. The van der Waals surface area contributed by atoms with Crippen LogP contribution in [0.3, 0.4) is 0 Å². The lowest BCUT2D eigenvalue weighted by molar-refractivity contribution is 0.462. The second-order valence-electron chi connectivity index (χ2n) is 2.94. The highest BCUT2D eigenvalue weighted by Gasteiger charge is 2.08. The van der Waals surface area contributed by atoms with Crippen molar-refractivity contribution in [3.8, 4) is 11.6 Å². The second kappa shape index (κ2) is 4.33. The fraction of sp³-hybridized carbons (Fsp3) is 0.125. The Balaban J connectivity index is 2.26. The molecule has 0 saturated carbocycles. The van der Waals surface area contributed by atoms with Crippen molar-refractivity contribution in [2.45, 2.75) is 0 Å². The summed E-state index contributed by atoms with van der Waals surface area (Å²) in [7, 11) is 1.78. The van der Waals surface area contributed by atoms with Gasteiger partial charge in [0, 0.05) is 7.05 Å². The third-order valence-corrected chi connectivity index (χ3v) is 2.00. The van der Waals surface area contributed by atoms with E-state index >= 15 is 0 Å². The van der Waals surface area contributed by atoms with E-state index in [4.69, 9.17) is 22.2 Å². The average Bonchev–Trinajstić information content (AvgIpc) is 2.67. The Kier molecular flexibility index (Phi) is 2.88. The van der Waals surface area contributed by atoms with Gasteiger partial charge in [-0.3, -0.25) is 10.1 Å². The van der Waals surface area contributed by atoms with E-state index in [-0.39, 0.29) is 11.8 Å². The number of nitrogens with zero attached hydrogens (tertiary/aromatic N) is 4. The number of rotatable bonds is 3. The molecule has 0 atom stereocenters. The lowest BCUT2D eigenvalue weighted by atomic mass is 10.6. The molecule has 3 N–H and O–H groups in total. The van der Waals surface area contributed by atoms with E-state index in [2.05, 4.69) is 20.5 Å². The van der Waals surface area contributed by atoms with Crippen molar-refractivity contribution in [2.75, 3.05) is 5.43 Å². The Morgan fingerprint density at radius 2 is 2.31 bits per heavy atom. The lowest BCUT2D eigenvalue weighted by Gasteiger charge is -2.05. The van der Waals surface area contributed by atoms with Gasteiger partial charge < -0.3 is 4.74 Å². The Morgan fingerprint density at radius 3 is 2.94 bits per heavy atom. The summed E-state index contributed by atoms with van der Waals surface area (Å²) >= 11 is 5.86. The van der Waals surface area contributed by atoms with Gasteiger partial charge in [-0.05, 0) is 0 Å². The molecule has 0 spiro atoms. The number of ether oxygens (including phenoxy) is 1. The first-order valence-corrected chi connectivity index (χ1v) is 4.72. The topological polar surface area (TPSA) is 90.9 Å². The number of nitrogens with one attached hydrogen (secondary N) is 1. The molecule has 0 aliphatic carbocycles. The van der Waals surface area contributed by atoms with E-state index in [9.17, 15) is 0 Å². The van der Waals surface area contributed by atoms with Crippen molar-refractivity contribution in [2.24, 2.45) is 12.9 Å². The fourth-order valence-corrected chi connectivity index (χ4v) is 1.19. The molecular weight excluding hydrogens is 232 g/mol. The molecule has 0 aliphatic heterocycles. The number of hydrogen-bond donors (Lipinski definition) is 2. The van der Waals surface area contributed by atoms with Crippen LogP contribution in [0.1, 0.15) is 0 Å². The molecule has 0 radical (unpaired) electrons. The number of nitrogens with two attached hydrogens (primary N) is 1. The Bertz CT molecular complexity index is 499. The predicted molar refractivity (Wildman–Crippen MR) is 58.1 cm³/mol. The van der Waals surface area contributed by atoms with Crippen molar-refractivity contribution in [3.63, 3.8) is 0 Å². The van der Waals surface area contributed by atoms with Gasteiger partial charge in [-0.2, -0.15) is 10.1 Å². The number of aryl methyl sites for hydroxylation is 1. The van der Waals surface area contributed by atoms with Crippen LogP contribution in [0.25, 0.3) is 0 Å². The minimum Gasteiger partial charge on any atom is -0.434 e. The van der Waals surface area contributed by atoms with E-state index in [1.54, 1.807) is 24.1 Å². The zero-order chi connectivity index (χ0) is 11.5. The van der Waals surface area contributed by atoms with Gasteiger partial charge in [-0.1, -0.05) is 11.6 Å². The van der Waals surface area contributed by atoms with Crippen LogP contribution in [0.2, 0.25) is 5.02 Å². The molecule has 0 fully saturated rings. The van der Waals surface area contributed by atoms with Crippen molar-refractivity contribution < 1.29 is 4.74 Å². The zero-order valence-electron chi connectivity index (χ0n) is 8.38. The summed E-state index contributed by atoms with van der Waals surface area (Å²) in [5.41, 5.74) is 2.30. The molecule has 0 bridgehead atoms. The molecule has 2 rings (SSSR count). The van der Waals surface area contributed by atoms with Gasteiger partial charge in [0.25, 0.3) is 0 Å². The SMILES string of the molecule is Cn1cc(Oc2nc(NN)ncc2Cl)cn1. The van der Waals surface area contributed by atoms with E-state index < -0.39 is 0 Å². The summed E-state index contributed by atoms with van der Waals surface area (Å²) in [5.74, 6) is 6.15. The molecule has 2 aromatic rings. The molecule has 16 heavy (non-hydrogen) atoms. The Labute approximate surface area is 96.2 Å². The molecule has 2 aromatic heterocycles. The predicted octanol–water partition coefficient (Wildman–Crippen LogP) is 0.941. The van der Waals surface area contributed by atoms with Crippen LogP contribution >= 0.6 is 11.6 Å². The molecule has 0 unspecified atom stereocenters. The Hall–Kier alpha value is -1.86. The largest absolute Gasteiger partial charge is 0.434 e. The van der Waals surface area contributed by atoms with Gasteiger partial charge in [0.2, 0.25) is 11.8 Å². The summed E-state index contributed by atoms with van der Waals surface area (Å²) in [4.78, 5) is 7.78. The maximum Gasteiger partial charge on any atom is 0.243 e. The summed E-state index contributed by atoms with van der Waals surface area (Å²) in [6, 6.07) is 0. The lowest BCUT2D eigenvalue weighted by Crippen LogP contribution is -2.10. The number of aromatic nitrogens is 4. The van der Waals surface area contributed by atoms with Crippen LogP contribution in [-0.2, 0) is 7.05 Å². The van der Waals surface area contributed by atoms with Gasteiger partial charge >= 0.3 is 0 Å². The van der Waals surface area contributed by atoms with Gasteiger partial charge in [0.05, 0.1) is 18.6 Å². The highest BCUT2D eigenvalue weighted by atomic mass is 35.5. The quantitative estimate of drug-likeness (QED) is 0.613. The van der Waals surface area contributed by atoms with Crippen LogP contribution in [0.15, 0.2) is 18.6 Å². The monoisotopic (exact) mass is 240 g/mol. The van der Waals surface area contributed by atoms with Crippen LogP contribution in [0.5, 0.6) is 11.6 Å². The molecule has 7 nitrogen and oxygen atoms in total. The van der Waals surface area contributed by atoms with Gasteiger partial charge in [0.15, 0.2) is 5.75 Å². The minimum atomic E-state index is 0.220. The van der Waals surface area contributed by atoms with Gasteiger partial charge in [-0.25, -0.2) is 10.8 Å². The summed E-state index contributed by atoms with van der Waals surface area (Å²) in [6.45, 7) is 0. The first-order chi connectivity index (χ1) is 7.69. The normalized spacial score (nSPS) is 10.2. The molecule has 0 amide bonds. The van der Waals surface area contributed by atoms with Crippen LogP contribution in [-0.4, -0.2) is 19.7 Å². The number of anilines is 1. The minimum absolute atomic E-state index is 0.220. The van der Waals surface area contributed by atoms with Gasteiger partial charge in [0.1, 0.15) is 5.02 Å². The van der Waals surface area contributed by atoms with Crippen LogP contribution in [0, 0.1) is 0 Å². The van der Waals surface area contributed by atoms with Crippen molar-refractivity contribution in [1.82, 2.24) is 19.7 Å². The van der Waals surface area contributed by atoms with Gasteiger partial charge in [-0.15, -0.1) is 0 Å². The molecule has 0 saturated heterocycles. The maximum atomic E-state index is 5.86. The van der Waals surface area contributed by atoms with E-state index in [0.29, 0.717) is 10.8 Å². The molecule has 0 aromatic carbocycles. The van der Waals surface area contributed by atoms with E-state index in [1.165, 1.54) is 6.20 Å². The van der Waals surface area contributed by atoms with Crippen LogP contribution < -0.4 is 16.0 Å². The number of halogens is 1. The second-order valence-corrected chi connectivity index (χ2v) is 3.35. The average molecular weight is 241 g/mol. The summed E-state index contributed by atoms with van der Waals surface area (Å²) < 4.78 is 7.01. The first kappa shape index (κ1) is 10.7. The zero-order valence-corrected chi connectivity index (χ0v) is 9.14. The first-order valence-electron chi connectivity index (χ1n) is 4.34. The smallest absolute Gasteiger partial charge is 0.243 e. The molecule has 84 valence electrons. The highest BCUT2D eigenvalue weighted by Crippen LogP contribution is 2.26. The molecule has 8 heteroatoms. The van der Waals surface area contributed by atoms with Crippen molar-refractivity contribution >= 4 is 17.5 Å². The molecule has 0 aliphatic rings. The summed E-state index contributed by atoms with van der Waals surface area (Å²) in [5, 5.41) is 4.24. The van der Waals surface area contributed by atoms with Crippen molar-refractivity contribution in [3.05, 3.63) is 23.6 Å². The highest BCUT2D eigenvalue weighted by molar-refractivity contribution is 6.31. The van der Waals surface area contributed by atoms with E-state index in [1.807, 2.05) is 0 Å². The third kappa shape index (κ3) is 2.20. The number of hydrogen-bond acceptors (Lipinski definition) is 6. The van der Waals surface area contributed by atoms with Crippen molar-refractivity contribution in [1.29, 1.82) is 0 Å². The standard InChI is InChI=1S/C8H9ClN6O/c1-15-4-5(2-12-15)16-7-6(9)3-11-8(13-7)14-10/h2-4H,10H2,1H3,(H,11,13,14). The fourth-order valence-electron chi connectivity index (χ4n) is 1.06.